The molecule has 1 unspecified atom stereocenters. The van der Waals surface area contributed by atoms with Crippen molar-refractivity contribution in [2.45, 2.75) is 6.04 Å². The summed E-state index contributed by atoms with van der Waals surface area (Å²) in [6, 6.07) is -0.667. The summed E-state index contributed by atoms with van der Waals surface area (Å²) < 4.78 is 4.26. The van der Waals surface area contributed by atoms with Crippen LogP contribution in [0.15, 0.2) is 0 Å². The lowest BCUT2D eigenvalue weighted by molar-refractivity contribution is -0.141. The molecule has 0 heterocycles. The molecule has 0 aliphatic carbocycles. The maximum Gasteiger partial charge on any atom is 0.323 e. The summed E-state index contributed by atoms with van der Waals surface area (Å²) in [6.07, 6.45) is 0. The minimum Gasteiger partial charge on any atom is -0.468 e. The Bertz CT molecular complexity index is 88.6. The summed E-state index contributed by atoms with van der Waals surface area (Å²) in [5, 5.41) is 0. The molecule has 0 amide bonds. The molecule has 5 heteroatoms. The van der Waals surface area contributed by atoms with E-state index in [9.17, 15) is 4.79 Å². The molecule has 0 aromatic rings. The molecule has 0 radical (unpaired) electrons. The van der Waals surface area contributed by atoms with E-state index in [1.807, 2.05) is 0 Å². The van der Waals surface area contributed by atoms with Gasteiger partial charge in [-0.1, -0.05) is 0 Å². The van der Waals surface area contributed by atoms with Crippen LogP contribution in [-0.2, 0) is 9.53 Å². The van der Waals surface area contributed by atoms with Gasteiger partial charge in [-0.05, 0) is 0 Å². The number of esters is 1. The van der Waals surface area contributed by atoms with E-state index in [-0.39, 0.29) is 23.5 Å². The lowest BCUT2D eigenvalue weighted by atomic mass is 10.3. The highest BCUT2D eigenvalue weighted by Gasteiger charge is 2.09. The van der Waals surface area contributed by atoms with Crippen molar-refractivity contribution in [2.75, 3.05) is 13.7 Å². The highest BCUT2D eigenvalue weighted by atomic mass is 79.9. The van der Waals surface area contributed by atoms with Crippen molar-refractivity contribution in [2.24, 2.45) is 11.5 Å². The first-order valence-electron chi connectivity index (χ1n) is 2.26. The lowest BCUT2D eigenvalue weighted by Gasteiger charge is -2.03. The van der Waals surface area contributed by atoms with Gasteiger partial charge in [0.25, 0.3) is 0 Å². The lowest BCUT2D eigenvalue weighted by Crippen LogP contribution is -2.38. The standard InChI is InChI=1S/C4H10N2O2.BrH/c1-8-4(7)3(6)2-5;/h3H,2,5-6H2,1H3;1H. The van der Waals surface area contributed by atoms with Crippen LogP contribution >= 0.6 is 17.0 Å². The Kier molecular flexibility index (Phi) is 7.76. The molecule has 0 aromatic carbocycles. The minimum absolute atomic E-state index is 0. The van der Waals surface area contributed by atoms with Crippen LogP contribution in [-0.4, -0.2) is 25.7 Å². The number of rotatable bonds is 2. The molecule has 0 saturated heterocycles. The van der Waals surface area contributed by atoms with Crippen LogP contribution in [0.3, 0.4) is 0 Å². The van der Waals surface area contributed by atoms with Gasteiger partial charge >= 0.3 is 5.97 Å². The van der Waals surface area contributed by atoms with Crippen molar-refractivity contribution in [3.05, 3.63) is 0 Å². The van der Waals surface area contributed by atoms with Crippen LogP contribution in [0.2, 0.25) is 0 Å². The predicted octanol–water partition coefficient (Wildman–Crippen LogP) is -0.977. The molecule has 0 aliphatic heterocycles. The summed E-state index contributed by atoms with van der Waals surface area (Å²) in [4.78, 5) is 10.3. The van der Waals surface area contributed by atoms with Gasteiger partial charge in [0, 0.05) is 6.54 Å². The van der Waals surface area contributed by atoms with E-state index >= 15 is 0 Å². The second kappa shape index (κ2) is 6.00. The van der Waals surface area contributed by atoms with E-state index in [1.165, 1.54) is 7.11 Å². The normalized spacial score (nSPS) is 11.4. The van der Waals surface area contributed by atoms with Gasteiger partial charge < -0.3 is 16.2 Å². The molecule has 1 atom stereocenters. The van der Waals surface area contributed by atoms with Crippen LogP contribution in [0.5, 0.6) is 0 Å². The van der Waals surface area contributed by atoms with Crippen molar-refractivity contribution in [3.63, 3.8) is 0 Å². The Morgan fingerprint density at radius 3 is 2.33 bits per heavy atom. The first-order valence-corrected chi connectivity index (χ1v) is 2.26. The third-order valence-corrected chi connectivity index (χ3v) is 0.758. The first-order chi connectivity index (χ1) is 3.72. The molecule has 0 aromatic heterocycles. The van der Waals surface area contributed by atoms with Gasteiger partial charge in [-0.25, -0.2) is 0 Å². The highest BCUT2D eigenvalue weighted by Crippen LogP contribution is 1.76. The Balaban J connectivity index is 0. The highest BCUT2D eigenvalue weighted by molar-refractivity contribution is 8.93. The van der Waals surface area contributed by atoms with E-state index < -0.39 is 12.0 Å². The average Bonchev–Trinajstić information content (AvgIpc) is 1.84. The molecule has 0 saturated carbocycles. The maximum atomic E-state index is 10.3. The molecule has 4 N–H and O–H groups in total. The molecule has 0 spiro atoms. The van der Waals surface area contributed by atoms with E-state index in [0.717, 1.165) is 0 Å². The zero-order chi connectivity index (χ0) is 6.57. The summed E-state index contributed by atoms with van der Waals surface area (Å²) in [7, 11) is 1.28. The molecular formula is C4H11BrN2O2. The minimum atomic E-state index is -0.667. The number of methoxy groups -OCH3 is 1. The predicted molar refractivity (Wildman–Crippen MR) is 39.4 cm³/mol. The van der Waals surface area contributed by atoms with Crippen LogP contribution in [0.4, 0.5) is 0 Å². The van der Waals surface area contributed by atoms with Gasteiger partial charge in [0.05, 0.1) is 7.11 Å². The summed E-state index contributed by atoms with van der Waals surface area (Å²) >= 11 is 0. The largest absolute Gasteiger partial charge is 0.468 e. The van der Waals surface area contributed by atoms with Gasteiger partial charge in [0.2, 0.25) is 0 Å². The maximum absolute atomic E-state index is 10.3. The third kappa shape index (κ3) is 4.38. The molecular weight excluding hydrogens is 188 g/mol. The van der Waals surface area contributed by atoms with Gasteiger partial charge in [-0.2, -0.15) is 0 Å². The van der Waals surface area contributed by atoms with E-state index in [1.54, 1.807) is 0 Å². The van der Waals surface area contributed by atoms with Gasteiger partial charge in [0.15, 0.2) is 0 Å². The molecule has 0 fully saturated rings. The summed E-state index contributed by atoms with van der Waals surface area (Å²) in [5.74, 6) is -0.465. The first kappa shape index (κ1) is 11.6. The number of halogens is 1. The van der Waals surface area contributed by atoms with Crippen molar-refractivity contribution >= 4 is 23.0 Å². The van der Waals surface area contributed by atoms with Crippen LogP contribution in [0.1, 0.15) is 0 Å². The molecule has 0 bridgehead atoms. The van der Waals surface area contributed by atoms with Crippen molar-refractivity contribution in [3.8, 4) is 0 Å². The van der Waals surface area contributed by atoms with Crippen molar-refractivity contribution in [1.29, 1.82) is 0 Å². The SMILES string of the molecule is Br.COC(=O)C(N)CN. The number of ether oxygens (including phenoxy) is 1. The fraction of sp³-hybridized carbons (Fsp3) is 0.750. The van der Waals surface area contributed by atoms with Crippen molar-refractivity contribution < 1.29 is 9.53 Å². The topological polar surface area (TPSA) is 78.3 Å². The molecule has 56 valence electrons. The second-order valence-electron chi connectivity index (χ2n) is 1.37. The second-order valence-corrected chi connectivity index (χ2v) is 1.37. The van der Waals surface area contributed by atoms with Gasteiger partial charge in [-0.15, -0.1) is 17.0 Å². The fourth-order valence-corrected chi connectivity index (χ4v) is 0.248. The Hall–Kier alpha value is -0.130. The summed E-state index contributed by atoms with van der Waals surface area (Å²) in [6.45, 7) is 0.132. The third-order valence-electron chi connectivity index (χ3n) is 0.758. The Morgan fingerprint density at radius 1 is 1.78 bits per heavy atom. The molecule has 0 aliphatic rings. The molecule has 0 rings (SSSR count). The number of carbonyl (C=O) groups is 1. The number of hydrogen-bond donors (Lipinski definition) is 2. The monoisotopic (exact) mass is 198 g/mol. The van der Waals surface area contributed by atoms with Gasteiger partial charge in [0.1, 0.15) is 6.04 Å². The zero-order valence-corrected chi connectivity index (χ0v) is 6.88. The summed E-state index contributed by atoms with van der Waals surface area (Å²) in [5.41, 5.74) is 10.2. The molecule has 9 heavy (non-hydrogen) atoms. The van der Waals surface area contributed by atoms with E-state index in [4.69, 9.17) is 11.5 Å². The quantitative estimate of drug-likeness (QED) is 0.560. The van der Waals surface area contributed by atoms with E-state index in [0.29, 0.717) is 0 Å². The Morgan fingerprint density at radius 2 is 2.22 bits per heavy atom. The number of hydrogen-bond acceptors (Lipinski definition) is 4. The zero-order valence-electron chi connectivity index (χ0n) is 5.16. The van der Waals surface area contributed by atoms with Crippen molar-refractivity contribution in [1.82, 2.24) is 0 Å². The number of carbonyl (C=O) groups excluding carboxylic acids is 1. The average molecular weight is 199 g/mol. The molecule has 4 nitrogen and oxygen atoms in total. The smallest absolute Gasteiger partial charge is 0.323 e. The van der Waals surface area contributed by atoms with Crippen LogP contribution in [0, 0.1) is 0 Å². The fourth-order valence-electron chi connectivity index (χ4n) is 0.248. The van der Waals surface area contributed by atoms with Gasteiger partial charge in [-0.3, -0.25) is 4.79 Å². The van der Waals surface area contributed by atoms with Crippen LogP contribution < -0.4 is 11.5 Å². The van der Waals surface area contributed by atoms with Crippen LogP contribution in [0.25, 0.3) is 0 Å². The Labute approximate surface area is 64.3 Å². The van der Waals surface area contributed by atoms with E-state index in [2.05, 4.69) is 4.74 Å². The number of nitrogens with two attached hydrogens (primary N) is 2.